The minimum atomic E-state index is -0.306. The first-order valence-electron chi connectivity index (χ1n) is 6.71. The molecule has 106 valence electrons. The zero-order chi connectivity index (χ0) is 15.0. The monoisotopic (exact) mass is 280 g/mol. The van der Waals surface area contributed by atoms with E-state index in [-0.39, 0.29) is 11.7 Å². The molecule has 3 aromatic rings. The normalized spacial score (nSPS) is 10.8. The summed E-state index contributed by atoms with van der Waals surface area (Å²) < 4.78 is 5.62. The number of amides is 1. The highest BCUT2D eigenvalue weighted by Gasteiger charge is 2.14. The van der Waals surface area contributed by atoms with Gasteiger partial charge in [0.2, 0.25) is 0 Å². The van der Waals surface area contributed by atoms with E-state index in [1.54, 1.807) is 18.2 Å². The summed E-state index contributed by atoms with van der Waals surface area (Å²) in [7, 11) is 0. The molecule has 0 saturated carbocycles. The molecule has 0 bridgehead atoms. The lowest BCUT2D eigenvalue weighted by Crippen LogP contribution is -2.12. The number of carbonyl (C=O) groups is 1. The van der Waals surface area contributed by atoms with Gasteiger partial charge in [-0.2, -0.15) is 0 Å². The first-order chi connectivity index (χ1) is 10.0. The van der Waals surface area contributed by atoms with E-state index in [2.05, 4.69) is 5.32 Å². The smallest absolute Gasteiger partial charge is 0.291 e. The molecule has 0 aliphatic heterocycles. The van der Waals surface area contributed by atoms with E-state index < -0.39 is 0 Å². The Morgan fingerprint density at radius 3 is 2.57 bits per heavy atom. The van der Waals surface area contributed by atoms with E-state index in [9.17, 15) is 4.79 Å². The molecule has 3 rings (SSSR count). The van der Waals surface area contributed by atoms with Crippen LogP contribution in [0.3, 0.4) is 0 Å². The standard InChI is InChI=1S/C17H16N2O2/c1-10-7-12-9-16(21-15(12)8-11(10)2)17(20)19-14-6-4-3-5-13(14)18/h3-9H,18H2,1-2H3,(H,19,20). The summed E-state index contributed by atoms with van der Waals surface area (Å²) in [6.07, 6.45) is 0. The minimum Gasteiger partial charge on any atom is -0.451 e. The maximum atomic E-state index is 12.2. The first-order valence-corrected chi connectivity index (χ1v) is 6.71. The first kappa shape index (κ1) is 13.2. The molecule has 4 heteroatoms. The molecule has 0 radical (unpaired) electrons. The van der Waals surface area contributed by atoms with Gasteiger partial charge >= 0.3 is 0 Å². The van der Waals surface area contributed by atoms with Crippen LogP contribution < -0.4 is 11.1 Å². The number of furan rings is 1. The zero-order valence-electron chi connectivity index (χ0n) is 11.9. The second kappa shape index (κ2) is 4.98. The molecular formula is C17H16N2O2. The van der Waals surface area contributed by atoms with Crippen LogP contribution in [0.25, 0.3) is 11.0 Å². The summed E-state index contributed by atoms with van der Waals surface area (Å²) in [5.74, 6) is -0.0299. The number of anilines is 2. The number of aryl methyl sites for hydroxylation is 2. The van der Waals surface area contributed by atoms with Gasteiger partial charge in [0.25, 0.3) is 5.91 Å². The molecule has 4 nitrogen and oxygen atoms in total. The fourth-order valence-electron chi connectivity index (χ4n) is 2.21. The number of hydrogen-bond acceptors (Lipinski definition) is 3. The van der Waals surface area contributed by atoms with E-state index in [1.807, 2.05) is 38.1 Å². The number of fused-ring (bicyclic) bond motifs is 1. The number of benzene rings is 2. The predicted octanol–water partition coefficient (Wildman–Crippen LogP) is 3.88. The summed E-state index contributed by atoms with van der Waals surface area (Å²) >= 11 is 0. The molecule has 1 amide bonds. The molecule has 1 heterocycles. The molecule has 0 unspecified atom stereocenters. The minimum absolute atomic E-state index is 0.276. The van der Waals surface area contributed by atoms with Crippen LogP contribution in [0.4, 0.5) is 11.4 Å². The quantitative estimate of drug-likeness (QED) is 0.700. The second-order valence-electron chi connectivity index (χ2n) is 5.13. The van der Waals surface area contributed by atoms with Crippen molar-refractivity contribution < 1.29 is 9.21 Å². The highest BCUT2D eigenvalue weighted by Crippen LogP contribution is 2.24. The molecule has 21 heavy (non-hydrogen) atoms. The average molecular weight is 280 g/mol. The molecule has 2 aromatic carbocycles. The van der Waals surface area contributed by atoms with Crippen LogP contribution in [0.5, 0.6) is 0 Å². The van der Waals surface area contributed by atoms with Gasteiger partial charge in [-0.1, -0.05) is 12.1 Å². The maximum absolute atomic E-state index is 12.2. The van der Waals surface area contributed by atoms with Crippen molar-refractivity contribution in [1.29, 1.82) is 0 Å². The lowest BCUT2D eigenvalue weighted by molar-refractivity contribution is 0.0999. The van der Waals surface area contributed by atoms with Crippen LogP contribution >= 0.6 is 0 Å². The van der Waals surface area contributed by atoms with E-state index in [1.165, 1.54) is 5.56 Å². The predicted molar refractivity (Wildman–Crippen MR) is 84.5 cm³/mol. The van der Waals surface area contributed by atoms with Crippen molar-refractivity contribution in [3.8, 4) is 0 Å². The molecule has 0 aliphatic carbocycles. The van der Waals surface area contributed by atoms with E-state index in [0.717, 1.165) is 10.9 Å². The van der Waals surface area contributed by atoms with Gasteiger partial charge < -0.3 is 15.5 Å². The highest BCUT2D eigenvalue weighted by atomic mass is 16.3. The third kappa shape index (κ3) is 2.48. The Kier molecular flexibility index (Phi) is 3.14. The van der Waals surface area contributed by atoms with Crippen LogP contribution in [-0.4, -0.2) is 5.91 Å². The molecule has 3 N–H and O–H groups in total. The molecule has 0 fully saturated rings. The van der Waals surface area contributed by atoms with Gasteiger partial charge in [-0.3, -0.25) is 4.79 Å². The molecule has 0 aliphatic rings. The number of carbonyl (C=O) groups excluding carboxylic acids is 1. The van der Waals surface area contributed by atoms with Crippen LogP contribution in [-0.2, 0) is 0 Å². The number of para-hydroxylation sites is 2. The van der Waals surface area contributed by atoms with Gasteiger partial charge in [0.1, 0.15) is 5.58 Å². The number of nitrogen functional groups attached to an aromatic ring is 1. The Hall–Kier alpha value is -2.75. The SMILES string of the molecule is Cc1cc2cc(C(=O)Nc3ccccc3N)oc2cc1C. The Bertz CT molecular complexity index is 795. The lowest BCUT2D eigenvalue weighted by atomic mass is 10.1. The van der Waals surface area contributed by atoms with Gasteiger partial charge in [-0.15, -0.1) is 0 Å². The largest absolute Gasteiger partial charge is 0.451 e. The van der Waals surface area contributed by atoms with Gasteiger partial charge in [0, 0.05) is 5.39 Å². The number of hydrogen-bond donors (Lipinski definition) is 2. The van der Waals surface area contributed by atoms with Gasteiger partial charge in [0.05, 0.1) is 11.4 Å². The number of rotatable bonds is 2. The molecular weight excluding hydrogens is 264 g/mol. The molecule has 0 atom stereocenters. The average Bonchev–Trinajstić information content (AvgIpc) is 2.85. The Labute approximate surface area is 122 Å². The summed E-state index contributed by atoms with van der Waals surface area (Å²) in [6, 6.07) is 12.8. The fraction of sp³-hybridized carbons (Fsp3) is 0.118. The topological polar surface area (TPSA) is 68.3 Å². The van der Waals surface area contributed by atoms with Crippen molar-refractivity contribution in [2.24, 2.45) is 0 Å². The van der Waals surface area contributed by atoms with Gasteiger partial charge in [-0.25, -0.2) is 0 Å². The van der Waals surface area contributed by atoms with Gasteiger partial charge in [0.15, 0.2) is 5.76 Å². The summed E-state index contributed by atoms with van der Waals surface area (Å²) in [5, 5.41) is 3.68. The van der Waals surface area contributed by atoms with Crippen LogP contribution in [0.15, 0.2) is 46.9 Å². The van der Waals surface area contributed by atoms with E-state index in [4.69, 9.17) is 10.2 Å². The number of nitrogens with one attached hydrogen (secondary N) is 1. The summed E-state index contributed by atoms with van der Waals surface area (Å²) in [4.78, 5) is 12.2. The fourth-order valence-corrected chi connectivity index (χ4v) is 2.21. The van der Waals surface area contributed by atoms with Crippen molar-refractivity contribution in [2.75, 3.05) is 11.1 Å². The van der Waals surface area contributed by atoms with E-state index >= 15 is 0 Å². The third-order valence-corrected chi connectivity index (χ3v) is 3.57. The van der Waals surface area contributed by atoms with Crippen molar-refractivity contribution in [3.63, 3.8) is 0 Å². The maximum Gasteiger partial charge on any atom is 0.291 e. The highest BCUT2D eigenvalue weighted by molar-refractivity contribution is 6.06. The number of nitrogens with two attached hydrogens (primary N) is 1. The van der Waals surface area contributed by atoms with Crippen molar-refractivity contribution in [2.45, 2.75) is 13.8 Å². The lowest BCUT2D eigenvalue weighted by Gasteiger charge is -2.05. The van der Waals surface area contributed by atoms with Crippen LogP contribution in [0, 0.1) is 13.8 Å². The zero-order valence-corrected chi connectivity index (χ0v) is 11.9. The van der Waals surface area contributed by atoms with E-state index in [0.29, 0.717) is 17.0 Å². The Morgan fingerprint density at radius 2 is 1.81 bits per heavy atom. The summed E-state index contributed by atoms with van der Waals surface area (Å²) in [5.41, 5.74) is 9.93. The van der Waals surface area contributed by atoms with Gasteiger partial charge in [-0.05, 0) is 55.3 Å². The second-order valence-corrected chi connectivity index (χ2v) is 5.13. The third-order valence-electron chi connectivity index (χ3n) is 3.57. The molecule has 0 spiro atoms. The van der Waals surface area contributed by atoms with Crippen molar-refractivity contribution in [1.82, 2.24) is 0 Å². The van der Waals surface area contributed by atoms with Crippen molar-refractivity contribution in [3.05, 3.63) is 59.4 Å². The Balaban J connectivity index is 1.93. The van der Waals surface area contributed by atoms with Crippen LogP contribution in [0.1, 0.15) is 21.7 Å². The molecule has 1 aromatic heterocycles. The molecule has 0 saturated heterocycles. The summed E-state index contributed by atoms with van der Waals surface area (Å²) in [6.45, 7) is 4.05. The van der Waals surface area contributed by atoms with Crippen molar-refractivity contribution >= 4 is 28.3 Å². The Morgan fingerprint density at radius 1 is 1.10 bits per heavy atom. The van der Waals surface area contributed by atoms with Crippen LogP contribution in [0.2, 0.25) is 0 Å².